The molecule has 0 bridgehead atoms. The van der Waals surface area contributed by atoms with Gasteiger partial charge in [-0.1, -0.05) is 30.3 Å². The zero-order valence-electron chi connectivity index (χ0n) is 8.94. The Balaban J connectivity index is 2.15. The van der Waals surface area contributed by atoms with Crippen LogP contribution in [-0.4, -0.2) is 19.7 Å². The van der Waals surface area contributed by atoms with E-state index in [2.05, 4.69) is 11.4 Å². The fourth-order valence-corrected chi connectivity index (χ4v) is 1.24. The van der Waals surface area contributed by atoms with Crippen LogP contribution in [0.25, 0.3) is 0 Å². The number of nitriles is 1. The predicted molar refractivity (Wildman–Crippen MR) is 59.2 cm³/mol. The molecule has 0 amide bonds. The highest BCUT2D eigenvalue weighted by Gasteiger charge is 2.02. The second-order valence-electron chi connectivity index (χ2n) is 3.30. The van der Waals surface area contributed by atoms with Gasteiger partial charge < -0.3 is 10.1 Å². The normalized spacial score (nSPS) is 12.0. The molecule has 1 N–H and O–H groups in total. The minimum absolute atomic E-state index is 0.110. The largest absolute Gasteiger partial charge is 0.377 e. The first kappa shape index (κ1) is 11.7. The number of nitrogens with one attached hydrogen (secondary N) is 1. The average molecular weight is 204 g/mol. The summed E-state index contributed by atoms with van der Waals surface area (Å²) < 4.78 is 5.46. The minimum Gasteiger partial charge on any atom is -0.377 e. The van der Waals surface area contributed by atoms with E-state index in [9.17, 15) is 0 Å². The summed E-state index contributed by atoms with van der Waals surface area (Å²) in [4.78, 5) is 0. The number of hydrogen-bond donors (Lipinski definition) is 1. The Hall–Kier alpha value is -1.37. The van der Waals surface area contributed by atoms with Crippen LogP contribution in [-0.2, 0) is 11.3 Å². The van der Waals surface area contributed by atoms with E-state index >= 15 is 0 Å². The molecule has 0 heterocycles. The van der Waals surface area contributed by atoms with E-state index in [0.29, 0.717) is 13.2 Å². The second-order valence-corrected chi connectivity index (χ2v) is 3.30. The van der Waals surface area contributed by atoms with E-state index in [0.717, 1.165) is 12.0 Å². The lowest BCUT2D eigenvalue weighted by molar-refractivity contribution is 0.115. The Morgan fingerprint density at radius 2 is 2.13 bits per heavy atom. The molecular weight excluding hydrogens is 188 g/mol. The molecule has 0 radical (unpaired) electrons. The molecule has 0 saturated carbocycles. The zero-order chi connectivity index (χ0) is 10.9. The lowest BCUT2D eigenvalue weighted by Crippen LogP contribution is -2.24. The van der Waals surface area contributed by atoms with Crippen LogP contribution in [0, 0.1) is 11.3 Å². The number of rotatable bonds is 6. The summed E-state index contributed by atoms with van der Waals surface area (Å²) in [6.45, 7) is 1.22. The molecule has 1 aromatic rings. The molecule has 3 heteroatoms. The second kappa shape index (κ2) is 6.99. The first-order chi connectivity index (χ1) is 7.36. The van der Waals surface area contributed by atoms with Crippen molar-refractivity contribution in [2.45, 2.75) is 19.1 Å². The van der Waals surface area contributed by atoms with Crippen LogP contribution < -0.4 is 5.32 Å². The van der Waals surface area contributed by atoms with Crippen molar-refractivity contribution in [1.29, 1.82) is 5.26 Å². The molecule has 0 spiro atoms. The summed E-state index contributed by atoms with van der Waals surface area (Å²) in [6.07, 6.45) is 0.722. The summed E-state index contributed by atoms with van der Waals surface area (Å²) in [5.41, 5.74) is 1.16. The monoisotopic (exact) mass is 204 g/mol. The number of ether oxygens (including phenoxy) is 1. The quantitative estimate of drug-likeness (QED) is 0.717. The fraction of sp³-hybridized carbons (Fsp3) is 0.417. The van der Waals surface area contributed by atoms with E-state index in [-0.39, 0.29) is 6.04 Å². The van der Waals surface area contributed by atoms with Gasteiger partial charge in [0.1, 0.15) is 0 Å². The molecule has 1 aromatic carbocycles. The highest BCUT2D eigenvalue weighted by molar-refractivity contribution is 5.13. The van der Waals surface area contributed by atoms with Crippen molar-refractivity contribution < 1.29 is 4.74 Å². The van der Waals surface area contributed by atoms with E-state index in [1.165, 1.54) is 0 Å². The minimum atomic E-state index is -0.110. The third-order valence-corrected chi connectivity index (χ3v) is 2.17. The van der Waals surface area contributed by atoms with E-state index in [1.54, 1.807) is 7.05 Å². The summed E-state index contributed by atoms with van der Waals surface area (Å²) >= 11 is 0. The van der Waals surface area contributed by atoms with Gasteiger partial charge in [-0.05, 0) is 19.0 Å². The van der Waals surface area contributed by atoms with Gasteiger partial charge in [0.05, 0.1) is 18.7 Å². The summed E-state index contributed by atoms with van der Waals surface area (Å²) in [5, 5.41) is 11.6. The Morgan fingerprint density at radius 3 is 2.73 bits per heavy atom. The van der Waals surface area contributed by atoms with Crippen molar-refractivity contribution in [3.8, 4) is 6.07 Å². The van der Waals surface area contributed by atoms with E-state index in [1.807, 2.05) is 30.3 Å². The molecule has 0 aliphatic heterocycles. The molecule has 80 valence electrons. The van der Waals surface area contributed by atoms with Gasteiger partial charge in [-0.25, -0.2) is 0 Å². The topological polar surface area (TPSA) is 45.0 Å². The Bertz CT molecular complexity index is 305. The molecule has 0 aliphatic rings. The zero-order valence-corrected chi connectivity index (χ0v) is 8.94. The highest BCUT2D eigenvalue weighted by atomic mass is 16.5. The van der Waals surface area contributed by atoms with E-state index in [4.69, 9.17) is 10.00 Å². The first-order valence-electron chi connectivity index (χ1n) is 5.05. The van der Waals surface area contributed by atoms with Gasteiger partial charge in [0.15, 0.2) is 0 Å². The van der Waals surface area contributed by atoms with Crippen LogP contribution in [0.3, 0.4) is 0 Å². The molecule has 1 atom stereocenters. The van der Waals surface area contributed by atoms with Crippen molar-refractivity contribution in [1.82, 2.24) is 5.32 Å². The molecule has 0 aliphatic carbocycles. The fourth-order valence-electron chi connectivity index (χ4n) is 1.24. The third kappa shape index (κ3) is 4.59. The average Bonchev–Trinajstić information content (AvgIpc) is 2.31. The van der Waals surface area contributed by atoms with Gasteiger partial charge in [0.25, 0.3) is 0 Å². The number of hydrogen-bond acceptors (Lipinski definition) is 3. The van der Waals surface area contributed by atoms with Crippen molar-refractivity contribution in [3.05, 3.63) is 35.9 Å². The lowest BCUT2D eigenvalue weighted by Gasteiger charge is -2.07. The molecular formula is C12H16N2O. The summed E-state index contributed by atoms with van der Waals surface area (Å²) in [7, 11) is 1.78. The first-order valence-corrected chi connectivity index (χ1v) is 5.05. The van der Waals surface area contributed by atoms with Gasteiger partial charge in [-0.3, -0.25) is 0 Å². The Labute approximate surface area is 90.7 Å². The maximum Gasteiger partial charge on any atom is 0.0972 e. The molecule has 0 aromatic heterocycles. The maximum atomic E-state index is 8.67. The molecule has 1 rings (SSSR count). The molecule has 3 nitrogen and oxygen atoms in total. The standard InChI is InChI=1S/C12H16N2O/c1-14-12(9-13)7-8-15-10-11-5-3-2-4-6-11/h2-6,12,14H,7-8,10H2,1H3. The van der Waals surface area contributed by atoms with Crippen LogP contribution in [0.15, 0.2) is 30.3 Å². The summed E-state index contributed by atoms with van der Waals surface area (Å²) in [6, 6.07) is 12.1. The van der Waals surface area contributed by atoms with E-state index < -0.39 is 0 Å². The van der Waals surface area contributed by atoms with Crippen LogP contribution in [0.4, 0.5) is 0 Å². The highest BCUT2D eigenvalue weighted by Crippen LogP contribution is 2.01. The van der Waals surface area contributed by atoms with Crippen LogP contribution >= 0.6 is 0 Å². The van der Waals surface area contributed by atoms with Crippen molar-refractivity contribution in [2.75, 3.05) is 13.7 Å². The van der Waals surface area contributed by atoms with Crippen molar-refractivity contribution in [2.24, 2.45) is 0 Å². The summed E-state index contributed by atoms with van der Waals surface area (Å²) in [5.74, 6) is 0. The molecule has 0 saturated heterocycles. The Morgan fingerprint density at radius 1 is 1.40 bits per heavy atom. The van der Waals surface area contributed by atoms with Crippen LogP contribution in [0.1, 0.15) is 12.0 Å². The molecule has 1 unspecified atom stereocenters. The van der Waals surface area contributed by atoms with Gasteiger partial charge in [0.2, 0.25) is 0 Å². The Kier molecular flexibility index (Phi) is 5.46. The lowest BCUT2D eigenvalue weighted by atomic mass is 10.2. The SMILES string of the molecule is CNC(C#N)CCOCc1ccccc1. The van der Waals surface area contributed by atoms with Crippen LogP contribution in [0.2, 0.25) is 0 Å². The van der Waals surface area contributed by atoms with Gasteiger partial charge in [-0.2, -0.15) is 5.26 Å². The van der Waals surface area contributed by atoms with Gasteiger partial charge >= 0.3 is 0 Å². The van der Waals surface area contributed by atoms with Crippen molar-refractivity contribution >= 4 is 0 Å². The predicted octanol–water partition coefficient (Wildman–Crippen LogP) is 1.70. The van der Waals surface area contributed by atoms with Crippen molar-refractivity contribution in [3.63, 3.8) is 0 Å². The smallest absolute Gasteiger partial charge is 0.0972 e. The maximum absolute atomic E-state index is 8.67. The third-order valence-electron chi connectivity index (χ3n) is 2.17. The molecule has 0 fully saturated rings. The van der Waals surface area contributed by atoms with Crippen LogP contribution in [0.5, 0.6) is 0 Å². The molecule has 15 heavy (non-hydrogen) atoms. The van der Waals surface area contributed by atoms with Gasteiger partial charge in [0, 0.05) is 6.61 Å². The number of benzene rings is 1. The number of nitrogens with zero attached hydrogens (tertiary/aromatic N) is 1. The van der Waals surface area contributed by atoms with Gasteiger partial charge in [-0.15, -0.1) is 0 Å².